The first-order chi connectivity index (χ1) is 7.85. The van der Waals surface area contributed by atoms with E-state index in [2.05, 4.69) is 40.6 Å². The largest absolute Gasteiger partial charge is 0.361 e. The van der Waals surface area contributed by atoms with Gasteiger partial charge < -0.3 is 9.30 Å². The van der Waals surface area contributed by atoms with Crippen molar-refractivity contribution < 1.29 is 9.53 Å². The van der Waals surface area contributed by atoms with E-state index in [9.17, 15) is 4.79 Å². The molecule has 4 nitrogen and oxygen atoms in total. The number of carbonyl (C=O) groups is 1. The van der Waals surface area contributed by atoms with Gasteiger partial charge in [0.1, 0.15) is 22.9 Å². The lowest BCUT2D eigenvalue weighted by molar-refractivity contribution is 0.0821. The number of rotatable bonds is 6. The van der Waals surface area contributed by atoms with Crippen molar-refractivity contribution in [2.24, 2.45) is 0 Å². The van der Waals surface area contributed by atoms with Crippen LogP contribution in [0.2, 0.25) is 25.7 Å². The van der Waals surface area contributed by atoms with E-state index in [1.54, 1.807) is 4.57 Å². The zero-order chi connectivity index (χ0) is 13.1. The van der Waals surface area contributed by atoms with E-state index in [4.69, 9.17) is 4.74 Å². The van der Waals surface area contributed by atoms with Crippen LogP contribution in [0.5, 0.6) is 0 Å². The van der Waals surface area contributed by atoms with Crippen LogP contribution in [-0.2, 0) is 11.5 Å². The molecule has 17 heavy (non-hydrogen) atoms. The van der Waals surface area contributed by atoms with Gasteiger partial charge in [-0.1, -0.05) is 19.6 Å². The molecular formula is C11H19BrN2O2Si. The Morgan fingerprint density at radius 1 is 1.47 bits per heavy atom. The quantitative estimate of drug-likeness (QED) is 0.460. The second-order valence-electron chi connectivity index (χ2n) is 5.23. The summed E-state index contributed by atoms with van der Waals surface area (Å²) in [6.45, 7) is 9.93. The minimum atomic E-state index is -1.05. The van der Waals surface area contributed by atoms with Crippen LogP contribution in [0.15, 0.2) is 4.60 Å². The van der Waals surface area contributed by atoms with E-state index in [0.717, 1.165) is 24.8 Å². The number of carbonyl (C=O) groups excluding carboxylic acids is 1. The topological polar surface area (TPSA) is 44.1 Å². The predicted molar refractivity (Wildman–Crippen MR) is 74.2 cm³/mol. The zero-order valence-corrected chi connectivity index (χ0v) is 13.4. The Kier molecular flexibility index (Phi) is 5.09. The van der Waals surface area contributed by atoms with Crippen LogP contribution in [0.4, 0.5) is 0 Å². The van der Waals surface area contributed by atoms with Crippen molar-refractivity contribution in [3.05, 3.63) is 16.1 Å². The van der Waals surface area contributed by atoms with Gasteiger partial charge in [-0.3, -0.25) is 4.79 Å². The molecule has 0 aliphatic carbocycles. The molecule has 0 saturated heterocycles. The minimum Gasteiger partial charge on any atom is -0.361 e. The molecule has 0 aliphatic rings. The fourth-order valence-corrected chi connectivity index (χ4v) is 2.68. The molecule has 0 saturated carbocycles. The summed E-state index contributed by atoms with van der Waals surface area (Å²) >= 11 is 3.26. The van der Waals surface area contributed by atoms with Crippen molar-refractivity contribution in [1.29, 1.82) is 0 Å². The molecular weight excluding hydrogens is 300 g/mol. The van der Waals surface area contributed by atoms with Gasteiger partial charge in [0.15, 0.2) is 6.29 Å². The van der Waals surface area contributed by atoms with Crippen LogP contribution in [0.1, 0.15) is 16.3 Å². The number of hydrogen-bond donors (Lipinski definition) is 0. The Morgan fingerprint density at radius 3 is 2.65 bits per heavy atom. The summed E-state index contributed by atoms with van der Waals surface area (Å²) in [6.07, 6.45) is 0.798. The maximum absolute atomic E-state index is 10.9. The molecule has 1 aromatic heterocycles. The SMILES string of the molecule is Cc1nc(Br)c(C=O)n1COCC[Si](C)(C)C. The summed E-state index contributed by atoms with van der Waals surface area (Å²) < 4.78 is 7.97. The van der Waals surface area contributed by atoms with Gasteiger partial charge in [-0.15, -0.1) is 0 Å². The van der Waals surface area contributed by atoms with Gasteiger partial charge in [-0.2, -0.15) is 0 Å². The molecule has 1 aromatic rings. The summed E-state index contributed by atoms with van der Waals surface area (Å²) in [4.78, 5) is 15.1. The number of imidazole rings is 1. The number of ether oxygens (including phenoxy) is 1. The maximum Gasteiger partial charge on any atom is 0.169 e. The standard InChI is InChI=1S/C11H19BrN2O2Si/c1-9-13-11(12)10(7-15)14(9)8-16-5-6-17(2,3)4/h7H,5-6,8H2,1-4H3. The van der Waals surface area contributed by atoms with E-state index in [-0.39, 0.29) is 0 Å². The van der Waals surface area contributed by atoms with Gasteiger partial charge in [0.2, 0.25) is 0 Å². The average molecular weight is 319 g/mol. The van der Waals surface area contributed by atoms with Crippen molar-refractivity contribution in [2.75, 3.05) is 6.61 Å². The highest BCUT2D eigenvalue weighted by Crippen LogP contribution is 2.16. The summed E-state index contributed by atoms with van der Waals surface area (Å²) in [6, 6.07) is 1.12. The first-order valence-corrected chi connectivity index (χ1v) is 10.1. The van der Waals surface area contributed by atoms with Crippen molar-refractivity contribution in [3.8, 4) is 0 Å². The summed E-state index contributed by atoms with van der Waals surface area (Å²) in [7, 11) is -1.05. The Morgan fingerprint density at radius 2 is 2.12 bits per heavy atom. The highest BCUT2D eigenvalue weighted by atomic mass is 79.9. The molecule has 0 fully saturated rings. The second-order valence-corrected chi connectivity index (χ2v) is 11.6. The molecule has 0 aliphatic heterocycles. The average Bonchev–Trinajstić information content (AvgIpc) is 2.46. The summed E-state index contributed by atoms with van der Waals surface area (Å²) in [5, 5.41) is 0. The lowest BCUT2D eigenvalue weighted by Gasteiger charge is -2.16. The van der Waals surface area contributed by atoms with E-state index in [0.29, 0.717) is 17.0 Å². The van der Waals surface area contributed by atoms with Crippen LogP contribution in [0, 0.1) is 6.92 Å². The molecule has 0 bridgehead atoms. The molecule has 0 aromatic carbocycles. The molecule has 6 heteroatoms. The molecule has 0 radical (unpaired) electrons. The van der Waals surface area contributed by atoms with Gasteiger partial charge in [-0.05, 0) is 28.9 Å². The first kappa shape index (κ1) is 14.6. The van der Waals surface area contributed by atoms with E-state index in [1.165, 1.54) is 0 Å². The first-order valence-electron chi connectivity index (χ1n) is 5.60. The van der Waals surface area contributed by atoms with Crippen molar-refractivity contribution in [2.45, 2.75) is 39.3 Å². The molecule has 0 unspecified atom stereocenters. The Hall–Kier alpha value is -0.463. The van der Waals surface area contributed by atoms with E-state index < -0.39 is 8.07 Å². The number of aryl methyl sites for hydroxylation is 1. The van der Waals surface area contributed by atoms with Gasteiger partial charge in [0, 0.05) is 14.7 Å². The number of hydrogen-bond acceptors (Lipinski definition) is 3. The van der Waals surface area contributed by atoms with Crippen LogP contribution >= 0.6 is 15.9 Å². The lowest BCUT2D eigenvalue weighted by Crippen LogP contribution is -2.22. The van der Waals surface area contributed by atoms with Gasteiger partial charge in [0.25, 0.3) is 0 Å². The van der Waals surface area contributed by atoms with Gasteiger partial charge in [-0.25, -0.2) is 4.98 Å². The molecule has 0 amide bonds. The fraction of sp³-hybridized carbons (Fsp3) is 0.636. The molecule has 1 heterocycles. The summed E-state index contributed by atoms with van der Waals surface area (Å²) in [5.41, 5.74) is 0.538. The number of aldehydes is 1. The maximum atomic E-state index is 10.9. The van der Waals surface area contributed by atoms with Gasteiger partial charge >= 0.3 is 0 Å². The van der Waals surface area contributed by atoms with Gasteiger partial charge in [0.05, 0.1) is 0 Å². The molecule has 1 rings (SSSR count). The van der Waals surface area contributed by atoms with E-state index in [1.807, 2.05) is 6.92 Å². The zero-order valence-electron chi connectivity index (χ0n) is 10.8. The highest BCUT2D eigenvalue weighted by Gasteiger charge is 2.14. The molecule has 0 spiro atoms. The van der Waals surface area contributed by atoms with E-state index >= 15 is 0 Å². The Balaban J connectivity index is 2.55. The fourth-order valence-electron chi connectivity index (χ4n) is 1.35. The predicted octanol–water partition coefficient (Wildman–Crippen LogP) is 3.08. The van der Waals surface area contributed by atoms with Crippen LogP contribution in [0.25, 0.3) is 0 Å². The van der Waals surface area contributed by atoms with Crippen LogP contribution in [-0.4, -0.2) is 30.5 Å². The monoisotopic (exact) mass is 318 g/mol. The summed E-state index contributed by atoms with van der Waals surface area (Å²) in [5.74, 6) is 0.784. The third-order valence-corrected chi connectivity index (χ3v) is 4.77. The van der Waals surface area contributed by atoms with Crippen molar-refractivity contribution >= 4 is 30.3 Å². The number of aromatic nitrogens is 2. The number of halogens is 1. The van der Waals surface area contributed by atoms with Crippen molar-refractivity contribution in [3.63, 3.8) is 0 Å². The Labute approximate surface area is 112 Å². The second kappa shape index (κ2) is 5.93. The van der Waals surface area contributed by atoms with Crippen molar-refractivity contribution in [1.82, 2.24) is 9.55 Å². The lowest BCUT2D eigenvalue weighted by atomic mass is 10.5. The molecule has 0 N–H and O–H groups in total. The minimum absolute atomic E-state index is 0.392. The normalized spacial score (nSPS) is 11.8. The van der Waals surface area contributed by atoms with Crippen LogP contribution < -0.4 is 0 Å². The smallest absolute Gasteiger partial charge is 0.169 e. The van der Waals surface area contributed by atoms with Crippen LogP contribution in [0.3, 0.4) is 0 Å². The third kappa shape index (κ3) is 4.37. The molecule has 0 atom stereocenters. The third-order valence-electron chi connectivity index (χ3n) is 2.48. The highest BCUT2D eigenvalue weighted by molar-refractivity contribution is 9.10. The molecule has 96 valence electrons. The number of nitrogens with zero attached hydrogens (tertiary/aromatic N) is 2. The Bertz CT molecular complexity index is 399.